The van der Waals surface area contributed by atoms with Gasteiger partial charge in [-0.15, -0.1) is 0 Å². The summed E-state index contributed by atoms with van der Waals surface area (Å²) in [6.45, 7) is 13.1. The molecule has 0 aliphatic rings. The maximum Gasteiger partial charge on any atom is 0.159 e. The van der Waals surface area contributed by atoms with Crippen molar-refractivity contribution in [3.8, 4) is 12.1 Å². The van der Waals surface area contributed by atoms with E-state index in [1.807, 2.05) is 48.5 Å². The summed E-state index contributed by atoms with van der Waals surface area (Å²) in [5, 5.41) is 31.1. The van der Waals surface area contributed by atoms with E-state index in [1.165, 1.54) is 21.5 Å². The van der Waals surface area contributed by atoms with Crippen LogP contribution in [0.1, 0.15) is 44.5 Å². The molecule has 2 aromatic heterocycles. The Balaban J connectivity index is 1.20. The van der Waals surface area contributed by atoms with Crippen molar-refractivity contribution in [2.75, 3.05) is 9.80 Å². The van der Waals surface area contributed by atoms with Crippen LogP contribution in [-0.2, 0) is 0 Å². The topological polar surface area (TPSA) is 80.3 Å². The van der Waals surface area contributed by atoms with Gasteiger partial charge in [0.2, 0.25) is 0 Å². The van der Waals surface area contributed by atoms with E-state index in [0.29, 0.717) is 11.1 Å². The summed E-state index contributed by atoms with van der Waals surface area (Å²) in [6.07, 6.45) is 0. The zero-order chi connectivity index (χ0) is 45.1. The van der Waals surface area contributed by atoms with E-state index in [-0.39, 0.29) is 0 Å². The Morgan fingerprint density at radius 3 is 1.08 bits per heavy atom. The first-order chi connectivity index (χ1) is 32.1. The summed E-state index contributed by atoms with van der Waals surface area (Å²) >= 11 is 0. The molecule has 0 saturated heterocycles. The Hall–Kier alpha value is -8.58. The molecule has 314 valence electrons. The Kier molecular flexibility index (Phi) is 8.56. The van der Waals surface area contributed by atoms with Gasteiger partial charge in [-0.3, -0.25) is 0 Å². The zero-order valence-corrected chi connectivity index (χ0v) is 37.5. The van der Waals surface area contributed by atoms with Gasteiger partial charge >= 0.3 is 0 Å². The van der Waals surface area contributed by atoms with E-state index >= 15 is 0 Å². The Morgan fingerprint density at radius 2 is 0.697 bits per heavy atom. The van der Waals surface area contributed by atoms with Crippen LogP contribution in [0.2, 0.25) is 0 Å². The van der Waals surface area contributed by atoms with Crippen LogP contribution < -0.4 is 9.80 Å². The number of aryl methyl sites for hydroxylation is 6. The smallest absolute Gasteiger partial charge is 0.159 e. The minimum Gasteiger partial charge on any atom is -0.454 e. The highest BCUT2D eigenvalue weighted by atomic mass is 16.3. The molecule has 0 N–H and O–H groups in total. The molecule has 0 saturated carbocycles. The number of hydrogen-bond acceptors (Lipinski definition) is 6. The first-order valence-corrected chi connectivity index (χ1v) is 22.3. The van der Waals surface area contributed by atoms with Crippen molar-refractivity contribution in [3.05, 3.63) is 190 Å². The fourth-order valence-corrected chi connectivity index (χ4v) is 10.7. The fraction of sp³-hybridized carbons (Fsp3) is 0.100. The molecule has 0 fully saturated rings. The van der Waals surface area contributed by atoms with Crippen LogP contribution in [0, 0.1) is 64.2 Å². The van der Waals surface area contributed by atoms with Gasteiger partial charge in [-0.1, -0.05) is 72.8 Å². The number of benzene rings is 10. The minimum absolute atomic E-state index is 0.595. The number of furan rings is 2. The highest BCUT2D eigenvalue weighted by molar-refractivity contribution is 6.31. The van der Waals surface area contributed by atoms with Gasteiger partial charge in [-0.25, -0.2) is 0 Å². The molecule has 2 heterocycles. The lowest BCUT2D eigenvalue weighted by molar-refractivity contribution is 0.665. The molecular formula is C60H42N4O2. The van der Waals surface area contributed by atoms with E-state index in [4.69, 9.17) is 8.83 Å². The molecule has 12 aromatic rings. The molecule has 0 aliphatic carbocycles. The van der Waals surface area contributed by atoms with E-state index in [2.05, 4.69) is 161 Å². The number of hydrogen-bond donors (Lipinski definition) is 0. The molecule has 0 spiro atoms. The van der Waals surface area contributed by atoms with Crippen molar-refractivity contribution in [1.29, 1.82) is 10.5 Å². The van der Waals surface area contributed by atoms with E-state index in [1.54, 1.807) is 0 Å². The molecule has 10 aromatic carbocycles. The fourth-order valence-electron chi connectivity index (χ4n) is 10.7. The van der Waals surface area contributed by atoms with Crippen molar-refractivity contribution in [2.45, 2.75) is 41.5 Å². The predicted molar refractivity (Wildman–Crippen MR) is 272 cm³/mol. The van der Waals surface area contributed by atoms with Gasteiger partial charge in [0.15, 0.2) is 11.2 Å². The van der Waals surface area contributed by atoms with Gasteiger partial charge in [-0.05, 0) is 158 Å². The second-order valence-corrected chi connectivity index (χ2v) is 17.8. The number of para-hydroxylation sites is 4. The number of nitrogens with zero attached hydrogens (tertiary/aromatic N) is 4. The molecule has 12 rings (SSSR count). The van der Waals surface area contributed by atoms with E-state index < -0.39 is 0 Å². The lowest BCUT2D eigenvalue weighted by atomic mass is 9.84. The van der Waals surface area contributed by atoms with Gasteiger partial charge in [-0.2, -0.15) is 10.5 Å². The maximum atomic E-state index is 9.89. The molecule has 0 atom stereocenters. The molecule has 0 aliphatic heterocycles. The maximum absolute atomic E-state index is 9.89. The van der Waals surface area contributed by atoms with E-state index in [9.17, 15) is 10.5 Å². The first kappa shape index (κ1) is 39.0. The number of anilines is 6. The van der Waals surface area contributed by atoms with Gasteiger partial charge in [0, 0.05) is 54.5 Å². The third kappa shape index (κ3) is 5.59. The van der Waals surface area contributed by atoms with Crippen LogP contribution in [-0.4, -0.2) is 0 Å². The van der Waals surface area contributed by atoms with Crippen molar-refractivity contribution < 1.29 is 8.83 Å². The second-order valence-electron chi connectivity index (χ2n) is 17.8. The number of fused-ring (bicyclic) bond motifs is 6. The van der Waals surface area contributed by atoms with Crippen LogP contribution in [0.3, 0.4) is 0 Å². The average Bonchev–Trinajstić information content (AvgIpc) is 3.92. The van der Waals surface area contributed by atoms with E-state index in [0.717, 1.165) is 122 Å². The van der Waals surface area contributed by atoms with Gasteiger partial charge < -0.3 is 18.6 Å². The lowest BCUT2D eigenvalue weighted by Gasteiger charge is -2.31. The molecule has 66 heavy (non-hydrogen) atoms. The van der Waals surface area contributed by atoms with Crippen molar-refractivity contribution in [2.24, 2.45) is 0 Å². The summed E-state index contributed by atoms with van der Waals surface area (Å²) < 4.78 is 13.7. The third-order valence-corrected chi connectivity index (χ3v) is 13.7. The first-order valence-electron chi connectivity index (χ1n) is 22.3. The second kappa shape index (κ2) is 14.5. The molecular weight excluding hydrogens is 809 g/mol. The van der Waals surface area contributed by atoms with Crippen LogP contribution >= 0.6 is 0 Å². The molecule has 0 bridgehead atoms. The monoisotopic (exact) mass is 850 g/mol. The summed E-state index contributed by atoms with van der Waals surface area (Å²) in [5.41, 5.74) is 17.0. The van der Waals surface area contributed by atoms with Gasteiger partial charge in [0.1, 0.15) is 11.2 Å². The quantitative estimate of drug-likeness (QED) is 0.155. The standard InChI is InChI=1S/C60H42N4O2/c1-33-11-7-13-43-45-15-9-17-49(59(45)65-57(33)43)63(41-23-19-39(31-61)20-24-41)51-29-35(3)47-28-38(6)54-52(30-36(4)48-27-37(5)53(51)55(47)56(48)54)64(42-25-21-40(32-62)22-26-42)50-18-10-16-46-44-14-8-12-34(2)58(44)66-60(46)50/h7-30H,1-6H3. The summed E-state index contributed by atoms with van der Waals surface area (Å²) in [6, 6.07) is 55.1. The molecule has 0 radical (unpaired) electrons. The minimum atomic E-state index is 0.595. The van der Waals surface area contributed by atoms with Crippen molar-refractivity contribution in [1.82, 2.24) is 0 Å². The molecule has 6 heteroatoms. The SMILES string of the molecule is Cc1cc(N(c2ccc(C#N)cc2)c2cccc3c2oc2c(C)cccc23)c2c(C)cc3c(C)cc(N(c4ccc(C#N)cc4)c4cccc5c4oc4c(C)cccc45)c4c(C)cc1c2c34. The Bertz CT molecular complexity index is 3820. The normalized spacial score (nSPS) is 11.8. The average molecular weight is 851 g/mol. The number of nitriles is 2. The van der Waals surface area contributed by atoms with Crippen LogP contribution in [0.25, 0.3) is 76.2 Å². The Labute approximate surface area is 381 Å². The third-order valence-electron chi connectivity index (χ3n) is 13.7. The largest absolute Gasteiger partial charge is 0.454 e. The van der Waals surface area contributed by atoms with Crippen LogP contribution in [0.5, 0.6) is 0 Å². The van der Waals surface area contributed by atoms with Crippen molar-refractivity contribution in [3.63, 3.8) is 0 Å². The number of rotatable bonds is 6. The molecule has 0 amide bonds. The predicted octanol–water partition coefficient (Wildman–Crippen LogP) is 16.9. The summed E-state index contributed by atoms with van der Waals surface area (Å²) in [7, 11) is 0. The van der Waals surface area contributed by atoms with Crippen LogP contribution in [0.4, 0.5) is 34.1 Å². The van der Waals surface area contributed by atoms with Crippen molar-refractivity contribution >= 4 is 110 Å². The molecule has 6 nitrogen and oxygen atoms in total. The summed E-state index contributed by atoms with van der Waals surface area (Å²) in [4.78, 5) is 4.64. The molecule has 0 unspecified atom stereocenters. The Morgan fingerprint density at radius 1 is 0.333 bits per heavy atom. The van der Waals surface area contributed by atoms with Gasteiger partial charge in [0.25, 0.3) is 0 Å². The highest BCUT2D eigenvalue weighted by Gasteiger charge is 2.29. The van der Waals surface area contributed by atoms with Gasteiger partial charge in [0.05, 0.1) is 46.0 Å². The highest BCUT2D eigenvalue weighted by Crippen LogP contribution is 2.53. The lowest BCUT2D eigenvalue weighted by Crippen LogP contribution is -2.13. The zero-order valence-electron chi connectivity index (χ0n) is 37.5. The van der Waals surface area contributed by atoms with Crippen LogP contribution in [0.15, 0.2) is 154 Å². The summed E-state index contributed by atoms with van der Waals surface area (Å²) in [5.74, 6) is 0.